The smallest absolute Gasteiger partial charge is 0.303 e. The molecule has 0 amide bonds. The van der Waals surface area contributed by atoms with Crippen molar-refractivity contribution in [3.63, 3.8) is 0 Å². The molecule has 0 heterocycles. The van der Waals surface area contributed by atoms with Gasteiger partial charge in [0, 0.05) is 18.0 Å². The van der Waals surface area contributed by atoms with Crippen molar-refractivity contribution in [2.75, 3.05) is 0 Å². The average molecular weight is 229 g/mol. The van der Waals surface area contributed by atoms with Gasteiger partial charge in [-0.05, 0) is 25.0 Å². The first-order valence-electron chi connectivity index (χ1n) is 4.91. The first-order chi connectivity index (χ1) is 7.50. The van der Waals surface area contributed by atoms with Gasteiger partial charge in [0.2, 0.25) is 0 Å². The molecule has 0 saturated carbocycles. The van der Waals surface area contributed by atoms with Crippen LogP contribution in [0, 0.1) is 11.6 Å². The van der Waals surface area contributed by atoms with E-state index in [1.807, 2.05) is 0 Å². The minimum atomic E-state index is -0.968. The van der Waals surface area contributed by atoms with Crippen LogP contribution in [0.5, 0.6) is 0 Å². The molecule has 0 aliphatic rings. The van der Waals surface area contributed by atoms with Crippen molar-refractivity contribution in [3.8, 4) is 0 Å². The fourth-order valence-corrected chi connectivity index (χ4v) is 1.40. The lowest BCUT2D eigenvalue weighted by Crippen LogP contribution is -2.24. The molecule has 5 heteroatoms. The van der Waals surface area contributed by atoms with Crippen LogP contribution in [0.25, 0.3) is 0 Å². The van der Waals surface area contributed by atoms with Gasteiger partial charge in [0.1, 0.15) is 11.6 Å². The monoisotopic (exact) mass is 229 g/mol. The van der Waals surface area contributed by atoms with Crippen LogP contribution in [0.3, 0.4) is 0 Å². The Morgan fingerprint density at radius 1 is 1.38 bits per heavy atom. The summed E-state index contributed by atoms with van der Waals surface area (Å²) in [5.74, 6) is -2.26. The molecule has 1 atom stereocenters. The van der Waals surface area contributed by atoms with Crippen LogP contribution in [0.4, 0.5) is 8.78 Å². The summed E-state index contributed by atoms with van der Waals surface area (Å²) < 4.78 is 26.4. The Kier molecular flexibility index (Phi) is 4.37. The summed E-state index contributed by atoms with van der Waals surface area (Å²) >= 11 is 0. The van der Waals surface area contributed by atoms with E-state index in [4.69, 9.17) is 10.8 Å². The van der Waals surface area contributed by atoms with Gasteiger partial charge in [-0.2, -0.15) is 0 Å². The van der Waals surface area contributed by atoms with Crippen molar-refractivity contribution in [3.05, 3.63) is 35.4 Å². The zero-order chi connectivity index (χ0) is 12.1. The Morgan fingerprint density at radius 3 is 2.44 bits per heavy atom. The molecule has 1 rings (SSSR count). The van der Waals surface area contributed by atoms with E-state index in [1.54, 1.807) is 0 Å². The number of carbonyl (C=O) groups is 1. The average Bonchev–Trinajstić information content (AvgIpc) is 2.21. The summed E-state index contributed by atoms with van der Waals surface area (Å²) in [5.41, 5.74) is 5.51. The van der Waals surface area contributed by atoms with Gasteiger partial charge in [-0.15, -0.1) is 0 Å². The predicted octanol–water partition coefficient (Wildman–Crippen LogP) is 1.70. The van der Waals surface area contributed by atoms with Gasteiger partial charge in [-0.25, -0.2) is 8.78 Å². The molecule has 0 aliphatic carbocycles. The summed E-state index contributed by atoms with van der Waals surface area (Å²) in [6.07, 6.45) is 0.103. The molecule has 1 unspecified atom stereocenters. The van der Waals surface area contributed by atoms with Crippen molar-refractivity contribution in [2.24, 2.45) is 5.73 Å². The SMILES string of the molecule is NC(CCC(=O)O)Cc1c(F)cccc1F. The number of carboxylic acids is 1. The van der Waals surface area contributed by atoms with E-state index in [1.165, 1.54) is 6.07 Å². The normalized spacial score (nSPS) is 12.4. The fourth-order valence-electron chi connectivity index (χ4n) is 1.40. The number of benzene rings is 1. The Labute approximate surface area is 91.9 Å². The summed E-state index contributed by atoms with van der Waals surface area (Å²) in [4.78, 5) is 10.3. The van der Waals surface area contributed by atoms with Crippen molar-refractivity contribution < 1.29 is 18.7 Å². The van der Waals surface area contributed by atoms with Crippen molar-refractivity contribution in [1.29, 1.82) is 0 Å². The third-order valence-corrected chi connectivity index (χ3v) is 2.26. The number of halogens is 2. The van der Waals surface area contributed by atoms with Crippen molar-refractivity contribution in [1.82, 2.24) is 0 Å². The van der Waals surface area contributed by atoms with E-state index in [9.17, 15) is 13.6 Å². The molecule has 16 heavy (non-hydrogen) atoms. The highest BCUT2D eigenvalue weighted by Gasteiger charge is 2.13. The standard InChI is InChI=1S/C11H13F2NO2/c12-9-2-1-3-10(13)8(9)6-7(14)4-5-11(15)16/h1-3,7H,4-6,14H2,(H,15,16). The lowest BCUT2D eigenvalue weighted by Gasteiger charge is -2.11. The molecule has 0 bridgehead atoms. The number of carboxylic acid groups (broad SMARTS) is 1. The van der Waals surface area contributed by atoms with E-state index in [2.05, 4.69) is 0 Å². The summed E-state index contributed by atoms with van der Waals surface area (Å²) in [7, 11) is 0. The zero-order valence-corrected chi connectivity index (χ0v) is 8.62. The second-order valence-corrected chi connectivity index (χ2v) is 3.60. The van der Waals surface area contributed by atoms with E-state index in [0.29, 0.717) is 0 Å². The molecule has 3 N–H and O–H groups in total. The van der Waals surface area contributed by atoms with Gasteiger partial charge >= 0.3 is 5.97 Å². The van der Waals surface area contributed by atoms with Gasteiger partial charge in [-0.3, -0.25) is 4.79 Å². The summed E-state index contributed by atoms with van der Waals surface area (Å²) in [6, 6.07) is 3.03. The maximum Gasteiger partial charge on any atom is 0.303 e. The first-order valence-corrected chi connectivity index (χ1v) is 4.91. The maximum absolute atomic E-state index is 13.2. The molecule has 0 aliphatic heterocycles. The predicted molar refractivity (Wildman–Crippen MR) is 54.9 cm³/mol. The zero-order valence-electron chi connectivity index (χ0n) is 8.62. The third-order valence-electron chi connectivity index (χ3n) is 2.26. The van der Waals surface area contributed by atoms with Crippen LogP contribution in [0.15, 0.2) is 18.2 Å². The Balaban J connectivity index is 2.62. The highest BCUT2D eigenvalue weighted by Crippen LogP contribution is 2.14. The lowest BCUT2D eigenvalue weighted by atomic mass is 10.0. The maximum atomic E-state index is 13.2. The summed E-state index contributed by atoms with van der Waals surface area (Å²) in [5, 5.41) is 8.43. The second kappa shape index (κ2) is 5.55. The molecular weight excluding hydrogens is 216 g/mol. The largest absolute Gasteiger partial charge is 0.481 e. The minimum absolute atomic E-state index is 0.00574. The van der Waals surface area contributed by atoms with Crippen LogP contribution in [-0.4, -0.2) is 17.1 Å². The van der Waals surface area contributed by atoms with Crippen LogP contribution in [0.2, 0.25) is 0 Å². The van der Waals surface area contributed by atoms with Gasteiger partial charge in [0.05, 0.1) is 0 Å². The van der Waals surface area contributed by atoms with E-state index < -0.39 is 23.6 Å². The Hall–Kier alpha value is -1.49. The highest BCUT2D eigenvalue weighted by molar-refractivity contribution is 5.66. The molecule has 0 aromatic heterocycles. The molecular formula is C11H13F2NO2. The molecule has 0 spiro atoms. The molecule has 0 saturated heterocycles. The van der Waals surface area contributed by atoms with Crippen LogP contribution >= 0.6 is 0 Å². The van der Waals surface area contributed by atoms with Gasteiger partial charge < -0.3 is 10.8 Å². The Bertz CT molecular complexity index is 362. The van der Waals surface area contributed by atoms with E-state index in [-0.39, 0.29) is 24.8 Å². The molecule has 88 valence electrons. The number of rotatable bonds is 5. The topological polar surface area (TPSA) is 63.3 Å². The minimum Gasteiger partial charge on any atom is -0.481 e. The van der Waals surface area contributed by atoms with Gasteiger partial charge in [0.15, 0.2) is 0 Å². The highest BCUT2D eigenvalue weighted by atomic mass is 19.1. The van der Waals surface area contributed by atoms with E-state index in [0.717, 1.165) is 12.1 Å². The molecule has 0 radical (unpaired) electrons. The van der Waals surface area contributed by atoms with Crippen molar-refractivity contribution >= 4 is 5.97 Å². The lowest BCUT2D eigenvalue weighted by molar-refractivity contribution is -0.137. The van der Waals surface area contributed by atoms with Crippen LogP contribution < -0.4 is 5.73 Å². The number of nitrogens with two attached hydrogens (primary N) is 1. The molecule has 0 fully saturated rings. The first kappa shape index (κ1) is 12.6. The van der Waals surface area contributed by atoms with E-state index >= 15 is 0 Å². The molecule has 3 nitrogen and oxygen atoms in total. The number of aliphatic carboxylic acids is 1. The number of hydrogen-bond acceptors (Lipinski definition) is 2. The quantitative estimate of drug-likeness (QED) is 0.807. The van der Waals surface area contributed by atoms with Crippen LogP contribution in [0.1, 0.15) is 18.4 Å². The second-order valence-electron chi connectivity index (χ2n) is 3.60. The molecule has 1 aromatic rings. The third kappa shape index (κ3) is 3.58. The number of hydrogen-bond donors (Lipinski definition) is 2. The fraction of sp³-hybridized carbons (Fsp3) is 0.364. The van der Waals surface area contributed by atoms with Crippen LogP contribution in [-0.2, 0) is 11.2 Å². The summed E-state index contributed by atoms with van der Waals surface area (Å²) in [6.45, 7) is 0. The van der Waals surface area contributed by atoms with Crippen molar-refractivity contribution in [2.45, 2.75) is 25.3 Å². The molecule has 1 aromatic carbocycles. The van der Waals surface area contributed by atoms with Gasteiger partial charge in [0.25, 0.3) is 0 Å². The Morgan fingerprint density at radius 2 is 1.94 bits per heavy atom. The van der Waals surface area contributed by atoms with Gasteiger partial charge in [-0.1, -0.05) is 6.07 Å².